The lowest BCUT2D eigenvalue weighted by Crippen LogP contribution is -2.46. The number of hydrogen-bond acceptors (Lipinski definition) is 3. The second kappa shape index (κ2) is 4.72. The summed E-state index contributed by atoms with van der Waals surface area (Å²) in [6.07, 6.45) is 2.90. The molecule has 2 N–H and O–H groups in total. The third kappa shape index (κ3) is 2.38. The number of carbonyl (C=O) groups excluding carboxylic acids is 1. The van der Waals surface area contributed by atoms with Gasteiger partial charge in [0.2, 0.25) is 0 Å². The van der Waals surface area contributed by atoms with E-state index in [1.54, 1.807) is 0 Å². The molecule has 1 amide bonds. The smallest absolute Gasteiger partial charge is 0.251 e. The van der Waals surface area contributed by atoms with Gasteiger partial charge >= 0.3 is 0 Å². The van der Waals surface area contributed by atoms with E-state index in [-0.39, 0.29) is 12.0 Å². The van der Waals surface area contributed by atoms with Crippen LogP contribution < -0.4 is 5.73 Å². The molecular formula is C12H22N2O2. The molecule has 4 nitrogen and oxygen atoms in total. The molecule has 2 unspecified atom stereocenters. The van der Waals surface area contributed by atoms with Crippen molar-refractivity contribution >= 4 is 5.91 Å². The number of nitrogens with two attached hydrogens (primary N) is 1. The minimum atomic E-state index is -0.209. The molecule has 2 aliphatic rings. The van der Waals surface area contributed by atoms with Gasteiger partial charge < -0.3 is 15.4 Å². The predicted octanol–water partition coefficient (Wildman–Crippen LogP) is 0.607. The van der Waals surface area contributed by atoms with Crippen LogP contribution in [-0.4, -0.2) is 43.2 Å². The second-order valence-electron chi connectivity index (χ2n) is 5.37. The van der Waals surface area contributed by atoms with Crippen LogP contribution in [0.2, 0.25) is 0 Å². The summed E-state index contributed by atoms with van der Waals surface area (Å²) in [5.74, 6) is 1.10. The summed E-state index contributed by atoms with van der Waals surface area (Å²) < 4.78 is 5.49. The van der Waals surface area contributed by atoms with Crippen molar-refractivity contribution in [3.63, 3.8) is 0 Å². The summed E-state index contributed by atoms with van der Waals surface area (Å²) in [5.41, 5.74) is 5.74. The molecule has 0 aromatic rings. The lowest BCUT2D eigenvalue weighted by atomic mass is 9.80. The van der Waals surface area contributed by atoms with Gasteiger partial charge in [-0.05, 0) is 31.1 Å². The predicted molar refractivity (Wildman–Crippen MR) is 61.9 cm³/mol. The van der Waals surface area contributed by atoms with Gasteiger partial charge in [0.15, 0.2) is 0 Å². The first-order chi connectivity index (χ1) is 7.58. The molecule has 0 radical (unpaired) electrons. The summed E-state index contributed by atoms with van der Waals surface area (Å²) in [6, 6.07) is 0.357. The SMILES string of the molecule is CC1CCOC1C(=O)N(C)CC1CC(N)C1. The van der Waals surface area contributed by atoms with Crippen molar-refractivity contribution in [2.45, 2.75) is 38.3 Å². The maximum absolute atomic E-state index is 12.1. The second-order valence-corrected chi connectivity index (χ2v) is 5.37. The Morgan fingerprint density at radius 1 is 1.50 bits per heavy atom. The lowest BCUT2D eigenvalue weighted by Gasteiger charge is -2.36. The molecule has 0 spiro atoms. The van der Waals surface area contributed by atoms with E-state index in [0.717, 1.165) is 32.4 Å². The summed E-state index contributed by atoms with van der Waals surface area (Å²) in [4.78, 5) is 13.9. The van der Waals surface area contributed by atoms with Crippen molar-refractivity contribution in [1.82, 2.24) is 4.90 Å². The standard InChI is InChI=1S/C12H22N2O2/c1-8-3-4-16-11(8)12(15)14(2)7-9-5-10(13)6-9/h8-11H,3-7,13H2,1-2H3. The van der Waals surface area contributed by atoms with Gasteiger partial charge in [-0.1, -0.05) is 6.92 Å². The largest absolute Gasteiger partial charge is 0.368 e. The number of likely N-dealkylation sites (N-methyl/N-ethyl adjacent to an activating group) is 1. The number of amides is 1. The maximum atomic E-state index is 12.1. The van der Waals surface area contributed by atoms with Gasteiger partial charge in [0, 0.05) is 26.2 Å². The Morgan fingerprint density at radius 3 is 2.69 bits per heavy atom. The van der Waals surface area contributed by atoms with Crippen molar-refractivity contribution in [2.24, 2.45) is 17.6 Å². The molecule has 1 heterocycles. The average molecular weight is 226 g/mol. The van der Waals surface area contributed by atoms with Crippen LogP contribution in [0.25, 0.3) is 0 Å². The van der Waals surface area contributed by atoms with Crippen LogP contribution in [0.3, 0.4) is 0 Å². The third-order valence-corrected chi connectivity index (χ3v) is 3.81. The fourth-order valence-electron chi connectivity index (χ4n) is 2.64. The minimum absolute atomic E-state index is 0.144. The van der Waals surface area contributed by atoms with Crippen LogP contribution in [0, 0.1) is 11.8 Å². The topological polar surface area (TPSA) is 55.6 Å². The third-order valence-electron chi connectivity index (χ3n) is 3.81. The van der Waals surface area contributed by atoms with E-state index in [0.29, 0.717) is 17.9 Å². The lowest BCUT2D eigenvalue weighted by molar-refractivity contribution is -0.142. The highest BCUT2D eigenvalue weighted by Crippen LogP contribution is 2.27. The number of hydrogen-bond donors (Lipinski definition) is 1. The number of nitrogens with zero attached hydrogens (tertiary/aromatic N) is 1. The first-order valence-corrected chi connectivity index (χ1v) is 6.20. The van der Waals surface area contributed by atoms with Crippen molar-refractivity contribution in [3.8, 4) is 0 Å². The molecule has 0 aromatic heterocycles. The Labute approximate surface area is 97.1 Å². The zero-order valence-corrected chi connectivity index (χ0v) is 10.2. The quantitative estimate of drug-likeness (QED) is 0.767. The molecule has 0 aromatic carbocycles. The van der Waals surface area contributed by atoms with Crippen LogP contribution in [0.4, 0.5) is 0 Å². The molecule has 2 fully saturated rings. The molecule has 1 saturated heterocycles. The van der Waals surface area contributed by atoms with E-state index < -0.39 is 0 Å². The van der Waals surface area contributed by atoms with E-state index >= 15 is 0 Å². The molecule has 0 bridgehead atoms. The molecule has 2 rings (SSSR count). The number of rotatable bonds is 3. The monoisotopic (exact) mass is 226 g/mol. The zero-order chi connectivity index (χ0) is 11.7. The van der Waals surface area contributed by atoms with Gasteiger partial charge in [0.05, 0.1) is 0 Å². The van der Waals surface area contributed by atoms with Crippen LogP contribution in [0.15, 0.2) is 0 Å². The number of ether oxygens (including phenoxy) is 1. The number of carbonyl (C=O) groups is 1. The van der Waals surface area contributed by atoms with Crippen molar-refractivity contribution in [2.75, 3.05) is 20.2 Å². The van der Waals surface area contributed by atoms with Gasteiger partial charge in [0.1, 0.15) is 6.10 Å². The Morgan fingerprint density at radius 2 is 2.19 bits per heavy atom. The molecule has 92 valence electrons. The van der Waals surface area contributed by atoms with E-state index in [9.17, 15) is 4.79 Å². The molecule has 1 aliphatic carbocycles. The summed E-state index contributed by atoms with van der Waals surface area (Å²) >= 11 is 0. The molecule has 1 saturated carbocycles. The maximum Gasteiger partial charge on any atom is 0.251 e. The molecule has 4 heteroatoms. The molecule has 2 atom stereocenters. The van der Waals surface area contributed by atoms with Gasteiger partial charge in [-0.25, -0.2) is 0 Å². The van der Waals surface area contributed by atoms with Crippen LogP contribution in [0.5, 0.6) is 0 Å². The molecular weight excluding hydrogens is 204 g/mol. The highest BCUT2D eigenvalue weighted by Gasteiger charge is 2.35. The Kier molecular flexibility index (Phi) is 3.50. The average Bonchev–Trinajstić information content (AvgIpc) is 2.61. The fraction of sp³-hybridized carbons (Fsp3) is 0.917. The first kappa shape index (κ1) is 11.9. The van der Waals surface area contributed by atoms with Crippen LogP contribution in [-0.2, 0) is 9.53 Å². The zero-order valence-electron chi connectivity index (χ0n) is 10.2. The van der Waals surface area contributed by atoms with Crippen molar-refractivity contribution in [3.05, 3.63) is 0 Å². The Bertz CT molecular complexity index is 264. The highest BCUT2D eigenvalue weighted by molar-refractivity contribution is 5.81. The van der Waals surface area contributed by atoms with E-state index in [2.05, 4.69) is 6.92 Å². The summed E-state index contributed by atoms with van der Waals surface area (Å²) in [6.45, 7) is 3.64. The Hall–Kier alpha value is -0.610. The van der Waals surface area contributed by atoms with E-state index in [1.807, 2.05) is 11.9 Å². The van der Waals surface area contributed by atoms with E-state index in [1.165, 1.54) is 0 Å². The molecule has 1 aliphatic heterocycles. The normalized spacial score (nSPS) is 38.2. The summed E-state index contributed by atoms with van der Waals surface area (Å²) in [5, 5.41) is 0. The van der Waals surface area contributed by atoms with E-state index in [4.69, 9.17) is 10.5 Å². The first-order valence-electron chi connectivity index (χ1n) is 6.20. The van der Waals surface area contributed by atoms with Crippen molar-refractivity contribution in [1.29, 1.82) is 0 Å². The molecule has 16 heavy (non-hydrogen) atoms. The van der Waals surface area contributed by atoms with Gasteiger partial charge in [-0.2, -0.15) is 0 Å². The Balaban J connectivity index is 1.80. The minimum Gasteiger partial charge on any atom is -0.368 e. The van der Waals surface area contributed by atoms with Crippen molar-refractivity contribution < 1.29 is 9.53 Å². The van der Waals surface area contributed by atoms with Crippen LogP contribution >= 0.6 is 0 Å². The van der Waals surface area contributed by atoms with Gasteiger partial charge in [-0.15, -0.1) is 0 Å². The summed E-state index contributed by atoms with van der Waals surface area (Å²) in [7, 11) is 1.88. The highest BCUT2D eigenvalue weighted by atomic mass is 16.5. The van der Waals surface area contributed by atoms with Gasteiger partial charge in [0.25, 0.3) is 5.91 Å². The van der Waals surface area contributed by atoms with Crippen LogP contribution in [0.1, 0.15) is 26.2 Å². The van der Waals surface area contributed by atoms with Gasteiger partial charge in [-0.3, -0.25) is 4.79 Å². The fourth-order valence-corrected chi connectivity index (χ4v) is 2.64.